The maximum Gasteiger partial charge on any atom is 0.252 e. The minimum Gasteiger partial charge on any atom is -0.384 e. The standard InChI is InChI=1S/C15H18N2O3/c1-10-6-7-11(5-4-8-18)9-12(10)13(19)17-15(2,3)14(16)20/h6-7,9,18H,8H2,1-3H3,(H2,16,20)(H,17,19). The zero-order valence-corrected chi connectivity index (χ0v) is 11.8. The summed E-state index contributed by atoms with van der Waals surface area (Å²) < 4.78 is 0. The van der Waals surface area contributed by atoms with Gasteiger partial charge in [0.2, 0.25) is 5.91 Å². The highest BCUT2D eigenvalue weighted by Crippen LogP contribution is 2.12. The summed E-state index contributed by atoms with van der Waals surface area (Å²) in [5.74, 6) is 4.25. The molecule has 5 nitrogen and oxygen atoms in total. The molecule has 0 atom stereocenters. The molecule has 0 heterocycles. The topological polar surface area (TPSA) is 92.4 Å². The van der Waals surface area contributed by atoms with Crippen molar-refractivity contribution in [3.8, 4) is 11.8 Å². The quantitative estimate of drug-likeness (QED) is 0.694. The molecular weight excluding hydrogens is 256 g/mol. The number of aryl methyl sites for hydroxylation is 1. The molecule has 4 N–H and O–H groups in total. The number of rotatable bonds is 3. The van der Waals surface area contributed by atoms with Gasteiger partial charge in [-0.05, 0) is 38.5 Å². The van der Waals surface area contributed by atoms with Crippen LogP contribution in [0.5, 0.6) is 0 Å². The summed E-state index contributed by atoms with van der Waals surface area (Å²) >= 11 is 0. The highest BCUT2D eigenvalue weighted by molar-refractivity contribution is 5.99. The molecule has 1 rings (SSSR count). The molecule has 0 radical (unpaired) electrons. The van der Waals surface area contributed by atoms with E-state index in [0.29, 0.717) is 11.1 Å². The third kappa shape index (κ3) is 3.84. The Hall–Kier alpha value is -2.32. The summed E-state index contributed by atoms with van der Waals surface area (Å²) in [6.07, 6.45) is 0. The van der Waals surface area contributed by atoms with Crippen LogP contribution in [0.1, 0.15) is 35.3 Å². The number of carbonyl (C=O) groups excluding carboxylic acids is 2. The lowest BCUT2D eigenvalue weighted by molar-refractivity contribution is -0.122. The molecule has 0 spiro atoms. The van der Waals surface area contributed by atoms with E-state index in [-0.39, 0.29) is 12.5 Å². The highest BCUT2D eigenvalue weighted by Gasteiger charge is 2.27. The monoisotopic (exact) mass is 274 g/mol. The van der Waals surface area contributed by atoms with Gasteiger partial charge in [-0.15, -0.1) is 0 Å². The molecule has 0 aliphatic rings. The molecule has 0 saturated heterocycles. The van der Waals surface area contributed by atoms with Gasteiger partial charge in [0.15, 0.2) is 0 Å². The second kappa shape index (κ2) is 6.22. The Morgan fingerprint density at radius 2 is 2.05 bits per heavy atom. The van der Waals surface area contributed by atoms with E-state index in [1.165, 1.54) is 13.8 Å². The van der Waals surface area contributed by atoms with Crippen LogP contribution in [0.2, 0.25) is 0 Å². The number of hydrogen-bond donors (Lipinski definition) is 3. The number of nitrogens with two attached hydrogens (primary N) is 1. The van der Waals surface area contributed by atoms with Gasteiger partial charge in [-0.2, -0.15) is 0 Å². The van der Waals surface area contributed by atoms with Gasteiger partial charge in [0.05, 0.1) is 0 Å². The van der Waals surface area contributed by atoms with Gasteiger partial charge in [-0.25, -0.2) is 0 Å². The van der Waals surface area contributed by atoms with Crippen LogP contribution < -0.4 is 11.1 Å². The first-order valence-electron chi connectivity index (χ1n) is 6.10. The summed E-state index contributed by atoms with van der Waals surface area (Å²) in [4.78, 5) is 23.4. The van der Waals surface area contributed by atoms with E-state index < -0.39 is 11.4 Å². The number of hydrogen-bond acceptors (Lipinski definition) is 3. The van der Waals surface area contributed by atoms with E-state index in [0.717, 1.165) is 5.56 Å². The first-order valence-corrected chi connectivity index (χ1v) is 6.10. The number of aliphatic hydroxyl groups excluding tert-OH is 1. The molecule has 2 amide bonds. The van der Waals surface area contributed by atoms with Crippen molar-refractivity contribution in [1.82, 2.24) is 5.32 Å². The molecule has 106 valence electrons. The molecule has 0 aliphatic carbocycles. The number of nitrogens with one attached hydrogen (secondary N) is 1. The first kappa shape index (κ1) is 15.7. The molecule has 1 aromatic carbocycles. The Labute approximate surface area is 118 Å². The van der Waals surface area contributed by atoms with Gasteiger partial charge >= 0.3 is 0 Å². The summed E-state index contributed by atoms with van der Waals surface area (Å²) in [5.41, 5.74) is 5.90. The number of aliphatic hydroxyl groups is 1. The first-order chi connectivity index (χ1) is 9.27. The van der Waals surface area contributed by atoms with Crippen molar-refractivity contribution >= 4 is 11.8 Å². The van der Waals surface area contributed by atoms with Crippen LogP contribution in [0, 0.1) is 18.8 Å². The Morgan fingerprint density at radius 3 is 2.60 bits per heavy atom. The van der Waals surface area contributed by atoms with Crippen molar-refractivity contribution in [2.75, 3.05) is 6.61 Å². The fourth-order valence-corrected chi connectivity index (χ4v) is 1.50. The van der Waals surface area contributed by atoms with Crippen LogP contribution in [0.3, 0.4) is 0 Å². The Morgan fingerprint density at radius 1 is 1.40 bits per heavy atom. The van der Waals surface area contributed by atoms with E-state index in [2.05, 4.69) is 17.2 Å². The average molecular weight is 274 g/mol. The summed E-state index contributed by atoms with van der Waals surface area (Å²) in [5, 5.41) is 11.3. The van der Waals surface area contributed by atoms with Crippen molar-refractivity contribution in [2.45, 2.75) is 26.3 Å². The number of carbonyl (C=O) groups is 2. The van der Waals surface area contributed by atoms with Crippen LogP contribution in [-0.2, 0) is 4.79 Å². The summed E-state index contributed by atoms with van der Waals surface area (Å²) in [6.45, 7) is 4.62. The third-order valence-corrected chi connectivity index (χ3v) is 2.84. The van der Waals surface area contributed by atoms with Gasteiger partial charge in [-0.3, -0.25) is 9.59 Å². The van der Waals surface area contributed by atoms with Crippen molar-refractivity contribution in [3.05, 3.63) is 34.9 Å². The second-order valence-electron chi connectivity index (χ2n) is 4.93. The predicted octanol–water partition coefficient (Wildman–Crippen LogP) is 0.333. The summed E-state index contributed by atoms with van der Waals surface area (Å²) in [7, 11) is 0. The Kier molecular flexibility index (Phi) is 4.89. The molecule has 5 heteroatoms. The Bertz CT molecular complexity index is 595. The lowest BCUT2D eigenvalue weighted by Gasteiger charge is -2.22. The van der Waals surface area contributed by atoms with Crippen LogP contribution >= 0.6 is 0 Å². The maximum absolute atomic E-state index is 12.2. The molecule has 0 aromatic heterocycles. The lowest BCUT2D eigenvalue weighted by Crippen LogP contribution is -2.53. The molecule has 0 fully saturated rings. The normalized spacial score (nSPS) is 10.4. The number of benzene rings is 1. The third-order valence-electron chi connectivity index (χ3n) is 2.84. The molecule has 0 unspecified atom stereocenters. The SMILES string of the molecule is Cc1ccc(C#CCO)cc1C(=O)NC(C)(C)C(N)=O. The van der Waals surface area contributed by atoms with Gasteiger partial charge < -0.3 is 16.2 Å². The lowest BCUT2D eigenvalue weighted by atomic mass is 10.0. The number of primary amides is 1. The Balaban J connectivity index is 3.06. The maximum atomic E-state index is 12.2. The van der Waals surface area contributed by atoms with Crippen LogP contribution in [-0.4, -0.2) is 29.1 Å². The molecule has 0 aliphatic heterocycles. The zero-order valence-electron chi connectivity index (χ0n) is 11.8. The van der Waals surface area contributed by atoms with E-state index >= 15 is 0 Å². The smallest absolute Gasteiger partial charge is 0.252 e. The minimum absolute atomic E-state index is 0.246. The predicted molar refractivity (Wildman–Crippen MR) is 75.9 cm³/mol. The molecule has 0 saturated carbocycles. The minimum atomic E-state index is -1.13. The van der Waals surface area contributed by atoms with E-state index in [4.69, 9.17) is 10.8 Å². The van der Waals surface area contributed by atoms with Gasteiger partial charge in [-0.1, -0.05) is 17.9 Å². The summed E-state index contributed by atoms with van der Waals surface area (Å²) in [6, 6.07) is 5.13. The van der Waals surface area contributed by atoms with Crippen molar-refractivity contribution < 1.29 is 14.7 Å². The van der Waals surface area contributed by atoms with Crippen LogP contribution in [0.25, 0.3) is 0 Å². The second-order valence-corrected chi connectivity index (χ2v) is 4.93. The van der Waals surface area contributed by atoms with Crippen molar-refractivity contribution in [3.63, 3.8) is 0 Å². The van der Waals surface area contributed by atoms with E-state index in [1.54, 1.807) is 25.1 Å². The van der Waals surface area contributed by atoms with E-state index in [1.807, 2.05) is 0 Å². The van der Waals surface area contributed by atoms with E-state index in [9.17, 15) is 9.59 Å². The van der Waals surface area contributed by atoms with Crippen LogP contribution in [0.15, 0.2) is 18.2 Å². The van der Waals surface area contributed by atoms with Gasteiger partial charge in [0.25, 0.3) is 5.91 Å². The van der Waals surface area contributed by atoms with Gasteiger partial charge in [0.1, 0.15) is 12.1 Å². The molecular formula is C15H18N2O3. The van der Waals surface area contributed by atoms with Crippen LogP contribution in [0.4, 0.5) is 0 Å². The number of amides is 2. The van der Waals surface area contributed by atoms with Gasteiger partial charge in [0, 0.05) is 11.1 Å². The fourth-order valence-electron chi connectivity index (χ4n) is 1.50. The van der Waals surface area contributed by atoms with Crippen molar-refractivity contribution in [2.24, 2.45) is 5.73 Å². The molecule has 20 heavy (non-hydrogen) atoms. The molecule has 1 aromatic rings. The molecule has 0 bridgehead atoms. The van der Waals surface area contributed by atoms with Crippen molar-refractivity contribution in [1.29, 1.82) is 0 Å². The fraction of sp³-hybridized carbons (Fsp3) is 0.333. The highest BCUT2D eigenvalue weighted by atomic mass is 16.2. The average Bonchev–Trinajstić information content (AvgIpc) is 2.37. The largest absolute Gasteiger partial charge is 0.384 e. The zero-order chi connectivity index (χ0) is 15.3.